The summed E-state index contributed by atoms with van der Waals surface area (Å²) in [6.07, 6.45) is -4.24. The van der Waals surface area contributed by atoms with Gasteiger partial charge in [0.1, 0.15) is 0 Å². The van der Waals surface area contributed by atoms with Crippen LogP contribution >= 0.6 is 27.7 Å². The highest BCUT2D eigenvalue weighted by Crippen LogP contribution is 2.32. The molecule has 0 saturated heterocycles. The number of alkyl halides is 3. The van der Waals surface area contributed by atoms with Gasteiger partial charge in [0.25, 0.3) is 0 Å². The number of carbonyl (C=O) groups excluding carboxylic acids is 1. The van der Waals surface area contributed by atoms with E-state index in [-0.39, 0.29) is 12.5 Å². The molecule has 0 unspecified atom stereocenters. The number of hydrogen-bond acceptors (Lipinski definition) is 3. The Kier molecular flexibility index (Phi) is 6.56. The molecule has 2 rings (SSSR count). The topological polar surface area (TPSA) is 41.1 Å². The van der Waals surface area contributed by atoms with E-state index in [0.717, 1.165) is 4.47 Å². The van der Waals surface area contributed by atoms with Gasteiger partial charge in [-0.1, -0.05) is 24.3 Å². The molecule has 0 aliphatic heterocycles. The van der Waals surface area contributed by atoms with E-state index in [0.29, 0.717) is 28.0 Å². The van der Waals surface area contributed by atoms with Crippen molar-refractivity contribution in [2.24, 2.45) is 0 Å². The summed E-state index contributed by atoms with van der Waals surface area (Å²) in [7, 11) is 0. The lowest BCUT2D eigenvalue weighted by molar-refractivity contribution is -0.114. The monoisotopic (exact) mass is 418 g/mol. The van der Waals surface area contributed by atoms with Gasteiger partial charge in [-0.3, -0.25) is 4.79 Å². The molecular weight excluding hydrogens is 405 g/mol. The quantitative estimate of drug-likeness (QED) is 0.636. The van der Waals surface area contributed by atoms with Crippen molar-refractivity contribution in [3.05, 3.63) is 53.0 Å². The Labute approximate surface area is 150 Å². The van der Waals surface area contributed by atoms with Crippen molar-refractivity contribution in [2.75, 3.05) is 22.9 Å². The first-order valence-electron chi connectivity index (χ1n) is 6.92. The number of amides is 1. The van der Waals surface area contributed by atoms with E-state index in [1.54, 1.807) is 42.5 Å². The van der Waals surface area contributed by atoms with Crippen molar-refractivity contribution >= 4 is 45.0 Å². The molecule has 0 heterocycles. The second-order valence-corrected chi connectivity index (χ2v) is 6.65. The van der Waals surface area contributed by atoms with Crippen LogP contribution in [0.3, 0.4) is 0 Å². The molecule has 0 saturated carbocycles. The zero-order valence-corrected chi connectivity index (χ0v) is 14.8. The number of halogens is 4. The van der Waals surface area contributed by atoms with Crippen molar-refractivity contribution < 1.29 is 18.0 Å². The Balaban J connectivity index is 1.94. The fourth-order valence-electron chi connectivity index (χ4n) is 1.83. The molecule has 0 radical (unpaired) electrons. The largest absolute Gasteiger partial charge is 0.398 e. The number of hydrogen-bond donors (Lipinski definition) is 2. The lowest BCUT2D eigenvalue weighted by Crippen LogP contribution is -2.22. The Morgan fingerprint density at radius 2 is 1.67 bits per heavy atom. The Bertz CT molecular complexity index is 710. The first-order valence-corrected chi connectivity index (χ1v) is 8.70. The number of para-hydroxylation sites is 2. The highest BCUT2D eigenvalue weighted by atomic mass is 79.9. The number of nitrogens with one attached hydrogen (secondary N) is 2. The van der Waals surface area contributed by atoms with Crippen LogP contribution in [0.1, 0.15) is 0 Å². The Hall–Kier alpha value is -1.67. The average Bonchev–Trinajstić information content (AvgIpc) is 2.53. The summed E-state index contributed by atoms with van der Waals surface area (Å²) in [6, 6.07) is 13.7. The molecule has 128 valence electrons. The van der Waals surface area contributed by atoms with Crippen LogP contribution in [0.15, 0.2) is 57.9 Å². The molecule has 0 atom stereocenters. The summed E-state index contributed by atoms with van der Waals surface area (Å²) >= 11 is 4.01. The van der Waals surface area contributed by atoms with Crippen LogP contribution < -0.4 is 10.6 Å². The summed E-state index contributed by atoms with van der Waals surface area (Å²) in [4.78, 5) is 12.4. The van der Waals surface area contributed by atoms with Gasteiger partial charge >= 0.3 is 6.18 Å². The fraction of sp³-hybridized carbons (Fsp3) is 0.188. The third-order valence-electron chi connectivity index (χ3n) is 2.87. The molecular formula is C16H14BrF3N2OS. The summed E-state index contributed by atoms with van der Waals surface area (Å²) in [5, 5.41) is 5.59. The molecule has 0 bridgehead atoms. The van der Waals surface area contributed by atoms with Crippen LogP contribution in [-0.2, 0) is 4.79 Å². The SMILES string of the molecule is O=C(CNc1ccccc1SCC(F)(F)F)Nc1ccccc1Br. The lowest BCUT2D eigenvalue weighted by atomic mass is 10.3. The molecule has 0 aliphatic carbocycles. The first kappa shape index (κ1) is 18.7. The lowest BCUT2D eigenvalue weighted by Gasteiger charge is -2.13. The van der Waals surface area contributed by atoms with Crippen LogP contribution in [0.2, 0.25) is 0 Å². The van der Waals surface area contributed by atoms with Gasteiger partial charge in [0, 0.05) is 15.1 Å². The molecule has 3 nitrogen and oxygen atoms in total. The summed E-state index contributed by atoms with van der Waals surface area (Å²) < 4.78 is 37.8. The van der Waals surface area contributed by atoms with Gasteiger partial charge in [-0.2, -0.15) is 13.2 Å². The van der Waals surface area contributed by atoms with Crippen LogP contribution in [0.5, 0.6) is 0 Å². The minimum Gasteiger partial charge on any atom is -0.375 e. The van der Waals surface area contributed by atoms with Gasteiger partial charge in [0.2, 0.25) is 5.91 Å². The fourth-order valence-corrected chi connectivity index (χ4v) is 3.00. The maximum atomic E-state index is 12.4. The highest BCUT2D eigenvalue weighted by molar-refractivity contribution is 9.10. The molecule has 2 aromatic carbocycles. The molecule has 2 N–H and O–H groups in total. The van der Waals surface area contributed by atoms with E-state index >= 15 is 0 Å². The zero-order chi connectivity index (χ0) is 17.6. The van der Waals surface area contributed by atoms with E-state index in [2.05, 4.69) is 26.6 Å². The van der Waals surface area contributed by atoms with Gasteiger partial charge in [-0.25, -0.2) is 0 Å². The second-order valence-electron chi connectivity index (χ2n) is 4.78. The Morgan fingerprint density at radius 3 is 2.33 bits per heavy atom. The third-order valence-corrected chi connectivity index (χ3v) is 4.70. The number of benzene rings is 2. The Morgan fingerprint density at radius 1 is 1.04 bits per heavy atom. The summed E-state index contributed by atoms with van der Waals surface area (Å²) in [5.74, 6) is -1.27. The second kappa shape index (κ2) is 8.43. The minimum absolute atomic E-state index is 0.0507. The molecule has 0 spiro atoms. The van der Waals surface area contributed by atoms with Crippen LogP contribution in [0.4, 0.5) is 24.5 Å². The van der Waals surface area contributed by atoms with Crippen molar-refractivity contribution in [3.8, 4) is 0 Å². The van der Waals surface area contributed by atoms with Gasteiger partial charge < -0.3 is 10.6 Å². The van der Waals surface area contributed by atoms with Gasteiger partial charge in [-0.05, 0) is 40.2 Å². The third kappa shape index (κ3) is 6.09. The van der Waals surface area contributed by atoms with Crippen LogP contribution in [-0.4, -0.2) is 24.4 Å². The van der Waals surface area contributed by atoms with Gasteiger partial charge in [0.05, 0.1) is 18.0 Å². The molecule has 0 fully saturated rings. The minimum atomic E-state index is -4.24. The van der Waals surface area contributed by atoms with E-state index < -0.39 is 11.9 Å². The van der Waals surface area contributed by atoms with Crippen LogP contribution in [0.25, 0.3) is 0 Å². The smallest absolute Gasteiger partial charge is 0.375 e. The maximum absolute atomic E-state index is 12.4. The van der Waals surface area contributed by atoms with Crippen molar-refractivity contribution in [1.29, 1.82) is 0 Å². The van der Waals surface area contributed by atoms with E-state index in [9.17, 15) is 18.0 Å². The van der Waals surface area contributed by atoms with Crippen LogP contribution in [0, 0.1) is 0 Å². The molecule has 1 amide bonds. The number of carbonyl (C=O) groups is 1. The molecule has 0 aromatic heterocycles. The van der Waals surface area contributed by atoms with Gasteiger partial charge in [0.15, 0.2) is 0 Å². The van der Waals surface area contributed by atoms with Crippen molar-refractivity contribution in [1.82, 2.24) is 0 Å². The summed E-state index contributed by atoms with van der Waals surface area (Å²) in [5.41, 5.74) is 1.12. The molecule has 2 aromatic rings. The standard InChI is InChI=1S/C16H14BrF3N2OS/c17-11-5-1-2-6-12(11)22-15(23)9-21-13-7-3-4-8-14(13)24-10-16(18,19)20/h1-8,21H,9-10H2,(H,22,23). The number of rotatable bonds is 6. The molecule has 24 heavy (non-hydrogen) atoms. The molecule has 0 aliphatic rings. The molecule has 8 heteroatoms. The van der Waals surface area contributed by atoms with E-state index in [1.807, 2.05) is 6.07 Å². The van der Waals surface area contributed by atoms with Gasteiger partial charge in [-0.15, -0.1) is 11.8 Å². The zero-order valence-electron chi connectivity index (χ0n) is 12.4. The van der Waals surface area contributed by atoms with E-state index in [1.165, 1.54) is 0 Å². The number of anilines is 2. The average molecular weight is 419 g/mol. The van der Waals surface area contributed by atoms with Crippen molar-refractivity contribution in [2.45, 2.75) is 11.1 Å². The number of thioether (sulfide) groups is 1. The predicted molar refractivity (Wildman–Crippen MR) is 94.5 cm³/mol. The highest BCUT2D eigenvalue weighted by Gasteiger charge is 2.27. The van der Waals surface area contributed by atoms with Crippen molar-refractivity contribution in [3.63, 3.8) is 0 Å². The summed E-state index contributed by atoms with van der Waals surface area (Å²) in [6.45, 7) is -0.0507. The first-order chi connectivity index (χ1) is 11.3. The predicted octanol–water partition coefficient (Wildman–Crippen LogP) is 5.15. The maximum Gasteiger partial charge on any atom is 0.398 e. The van der Waals surface area contributed by atoms with E-state index in [4.69, 9.17) is 0 Å². The normalized spacial score (nSPS) is 11.2.